The molecule has 2 amide bonds. The Labute approximate surface area is 263 Å². The minimum atomic E-state index is -0.542. The predicted octanol–water partition coefficient (Wildman–Crippen LogP) is 8.67. The van der Waals surface area contributed by atoms with Crippen LogP contribution in [-0.2, 0) is 20.6 Å². The zero-order chi connectivity index (χ0) is 31.8. The lowest BCUT2D eigenvalue weighted by Gasteiger charge is -2.32. The van der Waals surface area contributed by atoms with Crippen molar-refractivity contribution in [3.63, 3.8) is 0 Å². The van der Waals surface area contributed by atoms with Crippen LogP contribution in [0.1, 0.15) is 89.5 Å². The van der Waals surface area contributed by atoms with Gasteiger partial charge in [0.15, 0.2) is 0 Å². The Balaban J connectivity index is 1.06. The largest absolute Gasteiger partial charge is 0.449 e. The van der Waals surface area contributed by atoms with Crippen molar-refractivity contribution in [3.8, 4) is 0 Å². The van der Waals surface area contributed by atoms with Crippen LogP contribution in [-0.4, -0.2) is 25.4 Å². The van der Waals surface area contributed by atoms with Gasteiger partial charge in [-0.3, -0.25) is 0 Å². The number of fused-ring (bicyclic) bond motifs is 5. The summed E-state index contributed by atoms with van der Waals surface area (Å²) in [7, 11) is 0. The molecule has 0 spiro atoms. The first-order chi connectivity index (χ1) is 20.7. The third-order valence-corrected chi connectivity index (χ3v) is 10.6. The standard InChI is InChI=1S/C38H50N2O4/c1-23(2)26-9-13-30(14-10-26)37(5,6)39-35(41)43-21-25-17-32-28-19-29(33(20-28)34(32)18-25)22-44-36(42)40-38(7,8)31-15-11-27(12-16-31)24(3)4/h9-16,25,28-29,32-34H,1,3,17-22H2,2,4-8H3,(H,39,41)(H,40,42). The first kappa shape index (κ1) is 31.9. The second-order valence-electron chi connectivity index (χ2n) is 14.7. The van der Waals surface area contributed by atoms with E-state index in [9.17, 15) is 9.59 Å². The van der Waals surface area contributed by atoms with Gasteiger partial charge in [0, 0.05) is 0 Å². The molecule has 3 saturated carbocycles. The lowest BCUT2D eigenvalue weighted by atomic mass is 9.76. The van der Waals surface area contributed by atoms with Crippen molar-refractivity contribution in [1.29, 1.82) is 0 Å². The molecule has 236 valence electrons. The van der Waals surface area contributed by atoms with Crippen molar-refractivity contribution in [3.05, 3.63) is 83.9 Å². The number of ether oxygens (including phenoxy) is 2. The molecule has 6 heteroatoms. The number of hydrogen-bond donors (Lipinski definition) is 2. The minimum absolute atomic E-state index is 0.364. The smallest absolute Gasteiger partial charge is 0.407 e. The fourth-order valence-corrected chi connectivity index (χ4v) is 8.10. The molecule has 2 aromatic carbocycles. The first-order valence-corrected chi connectivity index (χ1v) is 16.2. The van der Waals surface area contributed by atoms with Gasteiger partial charge in [0.05, 0.1) is 24.3 Å². The molecule has 0 aromatic heterocycles. The number of alkyl carbamates (subject to hydrolysis) is 2. The average Bonchev–Trinajstić information content (AvgIpc) is 3.67. The topological polar surface area (TPSA) is 76.7 Å². The summed E-state index contributed by atoms with van der Waals surface area (Å²) < 4.78 is 11.6. The van der Waals surface area contributed by atoms with Gasteiger partial charge in [0.25, 0.3) is 0 Å². The molecular formula is C38H50N2O4. The van der Waals surface area contributed by atoms with E-state index < -0.39 is 11.1 Å². The summed E-state index contributed by atoms with van der Waals surface area (Å²) in [6, 6.07) is 16.3. The Morgan fingerprint density at radius 3 is 1.61 bits per heavy atom. The zero-order valence-electron chi connectivity index (χ0n) is 27.4. The highest BCUT2D eigenvalue weighted by atomic mass is 16.6. The van der Waals surface area contributed by atoms with Crippen molar-refractivity contribution in [2.45, 2.75) is 78.3 Å². The molecule has 2 aromatic rings. The van der Waals surface area contributed by atoms with E-state index in [1.807, 2.05) is 90.1 Å². The van der Waals surface area contributed by atoms with E-state index in [1.165, 1.54) is 6.42 Å². The number of benzene rings is 2. The quantitative estimate of drug-likeness (QED) is 0.287. The van der Waals surface area contributed by atoms with Crippen LogP contribution in [0.2, 0.25) is 0 Å². The predicted molar refractivity (Wildman–Crippen MR) is 177 cm³/mol. The molecule has 0 radical (unpaired) electrons. The molecule has 5 rings (SSSR count). The highest BCUT2D eigenvalue weighted by Gasteiger charge is 2.56. The molecule has 6 nitrogen and oxygen atoms in total. The lowest BCUT2D eigenvalue weighted by Crippen LogP contribution is -2.42. The number of carbonyl (C=O) groups excluding carboxylic acids is 2. The van der Waals surface area contributed by atoms with Crippen LogP contribution in [0.25, 0.3) is 11.1 Å². The highest BCUT2D eigenvalue weighted by molar-refractivity contribution is 5.69. The molecule has 2 N–H and O–H groups in total. The number of rotatable bonds is 10. The van der Waals surface area contributed by atoms with E-state index in [1.54, 1.807) is 0 Å². The summed E-state index contributed by atoms with van der Waals surface area (Å²) in [5, 5.41) is 6.11. The van der Waals surface area contributed by atoms with Crippen molar-refractivity contribution >= 4 is 23.3 Å². The third-order valence-electron chi connectivity index (χ3n) is 10.6. The maximum atomic E-state index is 12.8. The van der Waals surface area contributed by atoms with Crippen LogP contribution in [0.15, 0.2) is 61.7 Å². The summed E-state index contributed by atoms with van der Waals surface area (Å²) >= 11 is 0. The molecule has 6 atom stereocenters. The Morgan fingerprint density at radius 1 is 0.682 bits per heavy atom. The lowest BCUT2D eigenvalue weighted by molar-refractivity contribution is 0.0819. The second kappa shape index (κ2) is 12.5. The van der Waals surface area contributed by atoms with Gasteiger partial charge in [-0.15, -0.1) is 0 Å². The fourth-order valence-electron chi connectivity index (χ4n) is 8.10. The van der Waals surface area contributed by atoms with Gasteiger partial charge < -0.3 is 20.1 Å². The SMILES string of the molecule is C=C(C)c1ccc(C(C)(C)NC(=O)OCC2CC3C4CC(COC(=O)NC(C)(C)c5ccc(C(=C)C)cc5)C(C4)C3C2)cc1. The molecule has 0 heterocycles. The molecule has 6 unspecified atom stereocenters. The van der Waals surface area contributed by atoms with Gasteiger partial charge in [-0.05, 0) is 125 Å². The second-order valence-corrected chi connectivity index (χ2v) is 14.7. The van der Waals surface area contributed by atoms with Gasteiger partial charge in [-0.2, -0.15) is 0 Å². The van der Waals surface area contributed by atoms with Crippen molar-refractivity contribution < 1.29 is 19.1 Å². The minimum Gasteiger partial charge on any atom is -0.449 e. The van der Waals surface area contributed by atoms with Crippen LogP contribution >= 0.6 is 0 Å². The summed E-state index contributed by atoms with van der Waals surface area (Å²) in [5.74, 6) is 3.40. The van der Waals surface area contributed by atoms with Gasteiger partial charge >= 0.3 is 12.2 Å². The number of carbonyl (C=O) groups is 2. The first-order valence-electron chi connectivity index (χ1n) is 16.2. The zero-order valence-corrected chi connectivity index (χ0v) is 27.4. The van der Waals surface area contributed by atoms with E-state index in [4.69, 9.17) is 9.47 Å². The van der Waals surface area contributed by atoms with E-state index in [0.717, 1.165) is 52.7 Å². The maximum Gasteiger partial charge on any atom is 0.407 e. The summed E-state index contributed by atoms with van der Waals surface area (Å²) in [5.41, 5.74) is 5.18. The molecule has 2 bridgehead atoms. The highest BCUT2D eigenvalue weighted by Crippen LogP contribution is 2.62. The number of nitrogens with one attached hydrogen (secondary N) is 2. The Kier molecular flexibility index (Phi) is 9.02. The monoisotopic (exact) mass is 598 g/mol. The Hall–Kier alpha value is -3.54. The summed E-state index contributed by atoms with van der Waals surface area (Å²) in [4.78, 5) is 25.6. The average molecular weight is 599 g/mol. The van der Waals surface area contributed by atoms with Gasteiger partial charge in [0.1, 0.15) is 0 Å². The van der Waals surface area contributed by atoms with E-state index >= 15 is 0 Å². The van der Waals surface area contributed by atoms with Gasteiger partial charge in [-0.1, -0.05) is 72.8 Å². The number of amides is 2. The molecular weight excluding hydrogens is 548 g/mol. The van der Waals surface area contributed by atoms with E-state index in [2.05, 4.69) is 23.8 Å². The van der Waals surface area contributed by atoms with Crippen LogP contribution in [0.5, 0.6) is 0 Å². The molecule has 3 aliphatic carbocycles. The van der Waals surface area contributed by atoms with Crippen molar-refractivity contribution in [2.75, 3.05) is 13.2 Å². The summed E-state index contributed by atoms with van der Waals surface area (Å²) in [6.07, 6.45) is 3.83. The van der Waals surface area contributed by atoms with Crippen LogP contribution in [0.4, 0.5) is 9.59 Å². The van der Waals surface area contributed by atoms with Crippen LogP contribution in [0, 0.1) is 35.5 Å². The Morgan fingerprint density at radius 2 is 1.14 bits per heavy atom. The third kappa shape index (κ3) is 6.90. The maximum absolute atomic E-state index is 12.8. The van der Waals surface area contributed by atoms with Gasteiger partial charge in [0.2, 0.25) is 0 Å². The molecule has 44 heavy (non-hydrogen) atoms. The fraction of sp³-hybridized carbons (Fsp3) is 0.526. The van der Waals surface area contributed by atoms with Crippen LogP contribution in [0.3, 0.4) is 0 Å². The van der Waals surface area contributed by atoms with E-state index in [0.29, 0.717) is 48.7 Å². The van der Waals surface area contributed by atoms with Gasteiger partial charge in [-0.25, -0.2) is 9.59 Å². The normalized spacial score (nSPS) is 25.7. The van der Waals surface area contributed by atoms with Crippen LogP contribution < -0.4 is 10.6 Å². The molecule has 0 saturated heterocycles. The van der Waals surface area contributed by atoms with Crippen molar-refractivity contribution in [1.82, 2.24) is 10.6 Å². The van der Waals surface area contributed by atoms with E-state index in [-0.39, 0.29) is 12.2 Å². The molecule has 3 fully saturated rings. The number of hydrogen-bond acceptors (Lipinski definition) is 4. The summed E-state index contributed by atoms with van der Waals surface area (Å²) in [6.45, 7) is 20.9. The molecule has 0 aliphatic heterocycles. The molecule has 3 aliphatic rings. The number of allylic oxidation sites excluding steroid dienone is 2. The Bertz CT molecular complexity index is 1390. The van der Waals surface area contributed by atoms with Crippen molar-refractivity contribution in [2.24, 2.45) is 35.5 Å².